The van der Waals surface area contributed by atoms with Gasteiger partial charge in [-0.1, -0.05) is 42.8 Å². The van der Waals surface area contributed by atoms with Gasteiger partial charge in [-0.15, -0.1) is 0 Å². The molecule has 0 aliphatic carbocycles. The first-order valence-corrected chi connectivity index (χ1v) is 11.5. The second kappa shape index (κ2) is 10.2. The third kappa shape index (κ3) is 5.18. The fourth-order valence-corrected chi connectivity index (χ4v) is 4.11. The predicted octanol–water partition coefficient (Wildman–Crippen LogP) is 5.78. The Bertz CT molecular complexity index is 1330. The highest BCUT2D eigenvalue weighted by molar-refractivity contribution is 6.30. The number of aromatic nitrogens is 2. The molecule has 2 heterocycles. The molecule has 0 aliphatic rings. The van der Waals surface area contributed by atoms with Crippen LogP contribution in [0.25, 0.3) is 5.65 Å². The molecule has 0 saturated heterocycles. The normalized spacial score (nSPS) is 11.1. The van der Waals surface area contributed by atoms with Crippen LogP contribution in [0.1, 0.15) is 51.0 Å². The molecule has 5 nitrogen and oxygen atoms in total. The predicted molar refractivity (Wildman–Crippen MR) is 131 cm³/mol. The van der Waals surface area contributed by atoms with Crippen LogP contribution in [0.4, 0.5) is 4.39 Å². The molecule has 0 aliphatic heterocycles. The van der Waals surface area contributed by atoms with Gasteiger partial charge in [0.15, 0.2) is 5.78 Å². The molecule has 0 unspecified atom stereocenters. The Labute approximate surface area is 202 Å². The van der Waals surface area contributed by atoms with Crippen molar-refractivity contribution in [3.05, 3.63) is 106 Å². The van der Waals surface area contributed by atoms with E-state index >= 15 is 0 Å². The third-order valence-corrected chi connectivity index (χ3v) is 6.02. The van der Waals surface area contributed by atoms with Gasteiger partial charge in [0.05, 0.1) is 5.69 Å². The molecule has 4 aromatic rings. The lowest BCUT2D eigenvalue weighted by Gasteiger charge is -2.17. The van der Waals surface area contributed by atoms with Crippen LogP contribution in [-0.4, -0.2) is 33.0 Å². The summed E-state index contributed by atoms with van der Waals surface area (Å²) in [4.78, 5) is 31.9. The number of amides is 1. The number of nitrogens with zero attached hydrogens (tertiary/aromatic N) is 3. The average Bonchev–Trinajstić information content (AvgIpc) is 3.21. The molecule has 0 saturated carbocycles. The zero-order valence-corrected chi connectivity index (χ0v) is 19.8. The molecule has 0 spiro atoms. The van der Waals surface area contributed by atoms with Crippen molar-refractivity contribution in [2.75, 3.05) is 7.05 Å². The highest BCUT2D eigenvalue weighted by Crippen LogP contribution is 2.20. The number of carbonyl (C=O) groups is 2. The Balaban J connectivity index is 1.40. The summed E-state index contributed by atoms with van der Waals surface area (Å²) >= 11 is 6.07. The molecule has 1 amide bonds. The van der Waals surface area contributed by atoms with Gasteiger partial charge >= 0.3 is 0 Å². The van der Waals surface area contributed by atoms with Crippen molar-refractivity contribution in [3.63, 3.8) is 0 Å². The van der Waals surface area contributed by atoms with E-state index in [1.54, 1.807) is 58.9 Å². The number of hydrogen-bond acceptors (Lipinski definition) is 3. The number of hydrogen-bond donors (Lipinski definition) is 0. The van der Waals surface area contributed by atoms with E-state index in [1.165, 1.54) is 12.1 Å². The number of aryl methyl sites for hydroxylation is 2. The Kier molecular flexibility index (Phi) is 7.08. The number of fused-ring (bicyclic) bond motifs is 1. The van der Waals surface area contributed by atoms with Crippen molar-refractivity contribution in [1.29, 1.82) is 0 Å². The monoisotopic (exact) mass is 477 g/mol. The van der Waals surface area contributed by atoms with Crippen molar-refractivity contribution in [3.8, 4) is 0 Å². The zero-order valence-electron chi connectivity index (χ0n) is 19.1. The van der Waals surface area contributed by atoms with Crippen LogP contribution >= 0.6 is 11.6 Å². The number of benzene rings is 2. The average molecular weight is 478 g/mol. The smallest absolute Gasteiger partial charge is 0.253 e. The Morgan fingerprint density at radius 3 is 2.38 bits per heavy atom. The number of halogens is 2. The van der Waals surface area contributed by atoms with E-state index in [0.29, 0.717) is 47.7 Å². The van der Waals surface area contributed by atoms with Crippen molar-refractivity contribution in [1.82, 2.24) is 14.3 Å². The molecule has 7 heteroatoms. The fraction of sp³-hybridized carbons (Fsp3) is 0.222. The van der Waals surface area contributed by atoms with E-state index < -0.39 is 0 Å². The van der Waals surface area contributed by atoms with Gasteiger partial charge in [0, 0.05) is 42.9 Å². The maximum absolute atomic E-state index is 13.1. The summed E-state index contributed by atoms with van der Waals surface area (Å²) < 4.78 is 14.9. The minimum absolute atomic E-state index is 0.0193. The highest BCUT2D eigenvalue weighted by Gasteiger charge is 2.18. The van der Waals surface area contributed by atoms with Gasteiger partial charge in [0.2, 0.25) is 0 Å². The molecule has 2 aromatic carbocycles. The number of imidazole rings is 1. The minimum Gasteiger partial charge on any atom is -0.337 e. The van der Waals surface area contributed by atoms with Crippen LogP contribution in [0, 0.1) is 5.82 Å². The van der Waals surface area contributed by atoms with Gasteiger partial charge in [0.1, 0.15) is 17.2 Å². The summed E-state index contributed by atoms with van der Waals surface area (Å²) in [6.45, 7) is 2.36. The Morgan fingerprint density at radius 1 is 1.03 bits per heavy atom. The zero-order chi connectivity index (χ0) is 24.2. The maximum Gasteiger partial charge on any atom is 0.253 e. The van der Waals surface area contributed by atoms with E-state index in [9.17, 15) is 14.0 Å². The molecular formula is C27H25ClFN3O2. The fourth-order valence-electron chi connectivity index (χ4n) is 3.96. The molecule has 0 bridgehead atoms. The van der Waals surface area contributed by atoms with E-state index in [2.05, 4.69) is 4.98 Å². The summed E-state index contributed by atoms with van der Waals surface area (Å²) in [5.74, 6) is -0.404. The van der Waals surface area contributed by atoms with Gasteiger partial charge in [0.25, 0.3) is 5.91 Å². The summed E-state index contributed by atoms with van der Waals surface area (Å²) in [7, 11) is 1.71. The molecule has 2 aromatic heterocycles. The second-order valence-corrected chi connectivity index (χ2v) is 8.68. The lowest BCUT2D eigenvalue weighted by molar-refractivity contribution is 0.0784. The summed E-state index contributed by atoms with van der Waals surface area (Å²) in [6, 6.07) is 16.9. The lowest BCUT2D eigenvalue weighted by Crippen LogP contribution is -2.26. The summed E-state index contributed by atoms with van der Waals surface area (Å²) in [6.07, 6.45) is 3.33. The van der Waals surface area contributed by atoms with Crippen LogP contribution in [0.2, 0.25) is 5.02 Å². The van der Waals surface area contributed by atoms with Crippen LogP contribution in [0.3, 0.4) is 0 Å². The molecule has 0 N–H and O–H groups in total. The number of carbonyl (C=O) groups excluding carboxylic acids is 2. The van der Waals surface area contributed by atoms with Crippen molar-refractivity contribution < 1.29 is 14.0 Å². The molecular weight excluding hydrogens is 453 g/mol. The standard InChI is InChI=1S/C27H25ClFN3O2/c1-3-23-26(32-15-14-21(28)16-25(32)30-23)24(33)13-8-18-4-9-20(10-5-18)27(34)31(2)17-19-6-11-22(29)12-7-19/h4-7,9-12,14-16H,3,8,13,17H2,1-2H3. The van der Waals surface area contributed by atoms with Gasteiger partial charge in [-0.2, -0.15) is 0 Å². The first-order valence-electron chi connectivity index (χ1n) is 11.1. The SMILES string of the molecule is CCc1nc2cc(Cl)ccn2c1C(=O)CCc1ccc(C(=O)N(C)Cc2ccc(F)cc2)cc1. The minimum atomic E-state index is -0.302. The lowest BCUT2D eigenvalue weighted by atomic mass is 10.0. The number of pyridine rings is 1. The molecule has 174 valence electrons. The molecule has 0 fully saturated rings. The van der Waals surface area contributed by atoms with Gasteiger partial charge in [-0.25, -0.2) is 9.37 Å². The largest absolute Gasteiger partial charge is 0.337 e. The van der Waals surface area contributed by atoms with E-state index in [4.69, 9.17) is 11.6 Å². The first kappa shape index (κ1) is 23.6. The third-order valence-electron chi connectivity index (χ3n) is 5.78. The highest BCUT2D eigenvalue weighted by atomic mass is 35.5. The quantitative estimate of drug-likeness (QED) is 0.302. The number of rotatable bonds is 8. The molecule has 34 heavy (non-hydrogen) atoms. The topological polar surface area (TPSA) is 54.7 Å². The molecule has 0 radical (unpaired) electrons. The van der Waals surface area contributed by atoms with Gasteiger partial charge < -0.3 is 4.90 Å². The Hall–Kier alpha value is -3.51. The van der Waals surface area contributed by atoms with E-state index in [-0.39, 0.29) is 17.5 Å². The number of ketones is 1. The van der Waals surface area contributed by atoms with Gasteiger partial charge in [-0.05, 0) is 54.3 Å². The van der Waals surface area contributed by atoms with E-state index in [1.807, 2.05) is 19.1 Å². The van der Waals surface area contributed by atoms with Crippen LogP contribution in [0.15, 0.2) is 66.9 Å². The van der Waals surface area contributed by atoms with Crippen LogP contribution in [-0.2, 0) is 19.4 Å². The van der Waals surface area contributed by atoms with Crippen molar-refractivity contribution >= 4 is 28.9 Å². The van der Waals surface area contributed by atoms with Gasteiger partial charge in [-0.3, -0.25) is 14.0 Å². The van der Waals surface area contributed by atoms with Crippen molar-refractivity contribution in [2.24, 2.45) is 0 Å². The molecule has 0 atom stereocenters. The summed E-state index contributed by atoms with van der Waals surface area (Å²) in [5, 5.41) is 0.581. The maximum atomic E-state index is 13.1. The van der Waals surface area contributed by atoms with Crippen LogP contribution < -0.4 is 0 Å². The Morgan fingerprint density at radius 2 is 1.71 bits per heavy atom. The first-order chi connectivity index (χ1) is 16.4. The van der Waals surface area contributed by atoms with Crippen molar-refractivity contribution in [2.45, 2.75) is 32.7 Å². The number of Topliss-reactive ketones (excluding diaryl/α,β-unsaturated/α-hetero) is 1. The van der Waals surface area contributed by atoms with Crippen LogP contribution in [0.5, 0.6) is 0 Å². The summed E-state index contributed by atoms with van der Waals surface area (Å²) in [5.41, 5.74) is 4.42. The second-order valence-electron chi connectivity index (χ2n) is 8.24. The van der Waals surface area contributed by atoms with E-state index in [0.717, 1.165) is 16.8 Å². The molecule has 4 rings (SSSR count).